The van der Waals surface area contributed by atoms with Gasteiger partial charge in [-0.05, 0) is 42.7 Å². The van der Waals surface area contributed by atoms with Gasteiger partial charge in [-0.15, -0.1) is 0 Å². The molecule has 2 aromatic carbocycles. The molecule has 0 unspecified atom stereocenters. The van der Waals surface area contributed by atoms with Crippen LogP contribution in [-0.2, 0) is 19.1 Å². The van der Waals surface area contributed by atoms with Crippen LogP contribution in [0.25, 0.3) is 0 Å². The lowest BCUT2D eigenvalue weighted by Gasteiger charge is -2.29. The summed E-state index contributed by atoms with van der Waals surface area (Å²) in [5.74, 6) is 0. The minimum absolute atomic E-state index is 0.234. The summed E-state index contributed by atoms with van der Waals surface area (Å²) in [7, 11) is 0. The molecule has 0 bridgehead atoms. The lowest BCUT2D eigenvalue weighted by atomic mass is 9.98. The molecule has 132 valence electrons. The highest BCUT2D eigenvalue weighted by Crippen LogP contribution is 2.36. The third-order valence-corrected chi connectivity index (χ3v) is 4.50. The van der Waals surface area contributed by atoms with Crippen LogP contribution < -0.4 is 5.32 Å². The van der Waals surface area contributed by atoms with Gasteiger partial charge in [0.2, 0.25) is 0 Å². The van der Waals surface area contributed by atoms with Gasteiger partial charge >= 0.3 is 12.2 Å². The van der Waals surface area contributed by atoms with E-state index in [0.717, 1.165) is 24.1 Å². The first-order valence-electron chi connectivity index (χ1n) is 7.75. The number of carbonyl (C=O) groups excluding carboxylic acids is 1. The predicted molar refractivity (Wildman–Crippen MR) is 90.8 cm³/mol. The quantitative estimate of drug-likeness (QED) is 0.731. The van der Waals surface area contributed by atoms with Crippen molar-refractivity contribution in [3.05, 3.63) is 63.7 Å². The standard InChI is InChI=1S/C18H16ClF3N2O/c1-11-2-3-13-10-24(7-6-12(13)8-11)17(25)23-14-4-5-15(16(19)9-14)18(20,21)22/h2-5,8-9H,6-7,10H2,1H3,(H,23,25). The van der Waals surface area contributed by atoms with Gasteiger partial charge in [0.1, 0.15) is 0 Å². The lowest BCUT2D eigenvalue weighted by molar-refractivity contribution is -0.137. The summed E-state index contributed by atoms with van der Waals surface area (Å²) >= 11 is 5.68. The van der Waals surface area contributed by atoms with Crippen LogP contribution in [0.5, 0.6) is 0 Å². The van der Waals surface area contributed by atoms with Crippen LogP contribution in [0, 0.1) is 6.92 Å². The van der Waals surface area contributed by atoms with Gasteiger partial charge in [-0.25, -0.2) is 4.79 Å². The Bertz CT molecular complexity index is 820. The average Bonchev–Trinajstić information content (AvgIpc) is 2.53. The number of nitrogens with one attached hydrogen (secondary N) is 1. The van der Waals surface area contributed by atoms with Gasteiger partial charge in [-0.2, -0.15) is 13.2 Å². The zero-order chi connectivity index (χ0) is 18.2. The Morgan fingerprint density at radius 3 is 2.60 bits per heavy atom. The number of amides is 2. The summed E-state index contributed by atoms with van der Waals surface area (Å²) < 4.78 is 38.2. The third-order valence-electron chi connectivity index (χ3n) is 4.19. The fourth-order valence-corrected chi connectivity index (χ4v) is 3.17. The maximum Gasteiger partial charge on any atom is 0.417 e. The molecular weight excluding hydrogens is 353 g/mol. The minimum atomic E-state index is -4.52. The second-order valence-corrected chi connectivity index (χ2v) is 6.47. The molecule has 0 aliphatic carbocycles. The number of nitrogens with zero attached hydrogens (tertiary/aromatic N) is 1. The van der Waals surface area contributed by atoms with E-state index in [0.29, 0.717) is 13.1 Å². The first kappa shape index (κ1) is 17.6. The van der Waals surface area contributed by atoms with E-state index in [1.807, 2.05) is 19.1 Å². The van der Waals surface area contributed by atoms with Crippen LogP contribution in [0.4, 0.5) is 23.7 Å². The molecule has 0 aromatic heterocycles. The van der Waals surface area contributed by atoms with E-state index in [1.165, 1.54) is 17.2 Å². The van der Waals surface area contributed by atoms with Crippen molar-refractivity contribution in [3.63, 3.8) is 0 Å². The molecule has 0 spiro atoms. The molecule has 0 fully saturated rings. The summed E-state index contributed by atoms with van der Waals surface area (Å²) in [5, 5.41) is 2.17. The van der Waals surface area contributed by atoms with Crippen molar-refractivity contribution in [2.45, 2.75) is 26.1 Å². The van der Waals surface area contributed by atoms with E-state index in [-0.39, 0.29) is 11.7 Å². The maximum absolute atomic E-state index is 12.7. The van der Waals surface area contributed by atoms with Crippen molar-refractivity contribution >= 4 is 23.3 Å². The number of halogens is 4. The Balaban J connectivity index is 1.71. The molecule has 1 N–H and O–H groups in total. The Hall–Kier alpha value is -2.21. The number of rotatable bonds is 1. The molecule has 1 heterocycles. The number of hydrogen-bond acceptors (Lipinski definition) is 1. The first-order valence-corrected chi connectivity index (χ1v) is 8.13. The Morgan fingerprint density at radius 1 is 1.16 bits per heavy atom. The number of anilines is 1. The topological polar surface area (TPSA) is 32.3 Å². The molecule has 0 saturated heterocycles. The van der Waals surface area contributed by atoms with E-state index in [9.17, 15) is 18.0 Å². The van der Waals surface area contributed by atoms with E-state index in [4.69, 9.17) is 11.6 Å². The van der Waals surface area contributed by atoms with Crippen LogP contribution in [0.1, 0.15) is 22.3 Å². The van der Waals surface area contributed by atoms with Crippen molar-refractivity contribution < 1.29 is 18.0 Å². The van der Waals surface area contributed by atoms with Crippen molar-refractivity contribution in [1.29, 1.82) is 0 Å². The molecule has 0 atom stereocenters. The molecule has 1 aliphatic heterocycles. The molecular formula is C18H16ClF3N2O. The fourth-order valence-electron chi connectivity index (χ4n) is 2.88. The molecule has 0 radical (unpaired) electrons. The van der Waals surface area contributed by atoms with Gasteiger partial charge in [0.05, 0.1) is 10.6 Å². The zero-order valence-electron chi connectivity index (χ0n) is 13.5. The first-order chi connectivity index (χ1) is 11.7. The van der Waals surface area contributed by atoms with Crippen LogP contribution in [0.2, 0.25) is 5.02 Å². The number of benzene rings is 2. The van der Waals surface area contributed by atoms with Gasteiger partial charge < -0.3 is 10.2 Å². The summed E-state index contributed by atoms with van der Waals surface area (Å²) in [6, 6.07) is 8.93. The lowest BCUT2D eigenvalue weighted by Crippen LogP contribution is -2.38. The van der Waals surface area contributed by atoms with Crippen molar-refractivity contribution in [2.75, 3.05) is 11.9 Å². The molecule has 3 rings (SSSR count). The van der Waals surface area contributed by atoms with Gasteiger partial charge in [0.15, 0.2) is 0 Å². The molecule has 2 amide bonds. The average molecular weight is 369 g/mol. The minimum Gasteiger partial charge on any atom is -0.320 e. The molecule has 1 aliphatic rings. The van der Waals surface area contributed by atoms with Gasteiger partial charge in [0.25, 0.3) is 0 Å². The van der Waals surface area contributed by atoms with E-state index < -0.39 is 16.8 Å². The molecule has 3 nitrogen and oxygen atoms in total. The Labute approximate surface area is 148 Å². The smallest absolute Gasteiger partial charge is 0.320 e. The van der Waals surface area contributed by atoms with Gasteiger partial charge in [-0.1, -0.05) is 35.4 Å². The number of urea groups is 1. The molecule has 2 aromatic rings. The molecule has 7 heteroatoms. The van der Waals surface area contributed by atoms with Crippen molar-refractivity contribution in [1.82, 2.24) is 4.90 Å². The highest BCUT2D eigenvalue weighted by atomic mass is 35.5. The Morgan fingerprint density at radius 2 is 1.92 bits per heavy atom. The van der Waals surface area contributed by atoms with Gasteiger partial charge in [-0.3, -0.25) is 0 Å². The Kier molecular flexibility index (Phi) is 4.64. The number of hydrogen-bond donors (Lipinski definition) is 1. The monoisotopic (exact) mass is 368 g/mol. The predicted octanol–water partition coefficient (Wildman–Crippen LogP) is 5.26. The highest BCUT2D eigenvalue weighted by Gasteiger charge is 2.33. The highest BCUT2D eigenvalue weighted by molar-refractivity contribution is 6.31. The van der Waals surface area contributed by atoms with Crippen molar-refractivity contribution in [3.8, 4) is 0 Å². The summed E-state index contributed by atoms with van der Waals surface area (Å²) in [4.78, 5) is 14.0. The number of fused-ring (bicyclic) bond motifs is 1. The maximum atomic E-state index is 12.7. The third kappa shape index (κ3) is 3.90. The van der Waals surface area contributed by atoms with Crippen molar-refractivity contribution in [2.24, 2.45) is 0 Å². The van der Waals surface area contributed by atoms with Crippen LogP contribution in [0.15, 0.2) is 36.4 Å². The number of aryl methyl sites for hydroxylation is 1. The fraction of sp³-hybridized carbons (Fsp3) is 0.278. The van der Waals surface area contributed by atoms with Crippen LogP contribution in [-0.4, -0.2) is 17.5 Å². The van der Waals surface area contributed by atoms with Crippen LogP contribution >= 0.6 is 11.6 Å². The second-order valence-electron chi connectivity index (χ2n) is 6.07. The number of alkyl halides is 3. The normalized spacial score (nSPS) is 14.2. The van der Waals surface area contributed by atoms with Gasteiger partial charge in [0, 0.05) is 18.8 Å². The van der Waals surface area contributed by atoms with E-state index in [1.54, 1.807) is 4.90 Å². The van der Waals surface area contributed by atoms with E-state index >= 15 is 0 Å². The number of carbonyl (C=O) groups is 1. The second kappa shape index (κ2) is 6.59. The zero-order valence-corrected chi connectivity index (χ0v) is 14.2. The molecule has 0 saturated carbocycles. The van der Waals surface area contributed by atoms with E-state index in [2.05, 4.69) is 11.4 Å². The summed E-state index contributed by atoms with van der Waals surface area (Å²) in [6.07, 6.45) is -3.77. The van der Waals surface area contributed by atoms with Crippen LogP contribution in [0.3, 0.4) is 0 Å². The summed E-state index contributed by atoms with van der Waals surface area (Å²) in [6.45, 7) is 3.04. The largest absolute Gasteiger partial charge is 0.417 e. The summed E-state index contributed by atoms with van der Waals surface area (Å²) in [5.41, 5.74) is 2.79. The molecule has 25 heavy (non-hydrogen) atoms. The SMILES string of the molecule is Cc1ccc2c(c1)CCN(C(=O)Nc1ccc(C(F)(F)F)c(Cl)c1)C2.